The molecule has 6 heteroatoms. The van der Waals surface area contributed by atoms with Gasteiger partial charge in [-0.1, -0.05) is 67.6 Å². The smallest absolute Gasteiger partial charge is 0.349 e. The first-order valence-electron chi connectivity index (χ1n) is 7.85. The van der Waals surface area contributed by atoms with Gasteiger partial charge in [0, 0.05) is 12.1 Å². The van der Waals surface area contributed by atoms with E-state index >= 15 is 0 Å². The average Bonchev–Trinajstić information content (AvgIpc) is 2.63. The number of nitrogens with one attached hydrogen (secondary N) is 1. The zero-order valence-electron chi connectivity index (χ0n) is 13.7. The van der Waals surface area contributed by atoms with Crippen molar-refractivity contribution in [2.45, 2.75) is 24.7 Å². The van der Waals surface area contributed by atoms with Crippen LogP contribution in [0.1, 0.15) is 24.5 Å². The highest BCUT2D eigenvalue weighted by Crippen LogP contribution is 2.31. The summed E-state index contributed by atoms with van der Waals surface area (Å²) in [5, 5.41) is 11.8. The summed E-state index contributed by atoms with van der Waals surface area (Å²) in [6, 6.07) is 15.0. The fourth-order valence-corrected chi connectivity index (χ4v) is 2.66. The van der Waals surface area contributed by atoms with Crippen LogP contribution in [-0.2, 0) is 20.9 Å². The number of hydrogen-bond donors (Lipinski definition) is 2. The van der Waals surface area contributed by atoms with Crippen molar-refractivity contribution in [3.05, 3.63) is 71.8 Å². The van der Waals surface area contributed by atoms with Gasteiger partial charge >= 0.3 is 11.9 Å². The average molecular weight is 347 g/mol. The highest BCUT2D eigenvalue weighted by atomic mass is 19.3. The van der Waals surface area contributed by atoms with Crippen LogP contribution in [0.25, 0.3) is 0 Å². The van der Waals surface area contributed by atoms with Crippen LogP contribution in [0.4, 0.5) is 8.78 Å². The van der Waals surface area contributed by atoms with E-state index in [1.54, 1.807) is 43.3 Å². The third kappa shape index (κ3) is 3.68. The van der Waals surface area contributed by atoms with E-state index in [9.17, 15) is 23.5 Å². The molecule has 1 amide bonds. The molecule has 0 heterocycles. The van der Waals surface area contributed by atoms with Crippen LogP contribution < -0.4 is 5.32 Å². The molecule has 0 aliphatic heterocycles. The molecule has 2 aromatic rings. The summed E-state index contributed by atoms with van der Waals surface area (Å²) in [7, 11) is 0. The Bertz CT molecular complexity index is 735. The maximum Gasteiger partial charge on any atom is 0.349 e. The summed E-state index contributed by atoms with van der Waals surface area (Å²) >= 11 is 0. The number of carbonyl (C=O) groups is 2. The molecular formula is C19H19F2NO3. The van der Waals surface area contributed by atoms with Crippen molar-refractivity contribution < 1.29 is 23.5 Å². The zero-order valence-corrected chi connectivity index (χ0v) is 13.7. The SMILES string of the molecule is CCC(CNC(=O)C(F)(F)c1ccccc1)(C(=O)O)c1ccccc1. The third-order valence-electron chi connectivity index (χ3n) is 4.31. The van der Waals surface area contributed by atoms with Crippen molar-refractivity contribution in [2.75, 3.05) is 6.54 Å². The molecule has 1 unspecified atom stereocenters. The van der Waals surface area contributed by atoms with E-state index in [1.165, 1.54) is 12.1 Å². The van der Waals surface area contributed by atoms with Crippen molar-refractivity contribution in [1.29, 1.82) is 0 Å². The number of benzene rings is 2. The van der Waals surface area contributed by atoms with Gasteiger partial charge in [0.15, 0.2) is 0 Å². The van der Waals surface area contributed by atoms with Crippen LogP contribution in [0.3, 0.4) is 0 Å². The summed E-state index contributed by atoms with van der Waals surface area (Å²) in [5.41, 5.74) is -1.46. The normalized spacial score (nSPS) is 13.7. The number of aliphatic carboxylic acids is 1. The second-order valence-corrected chi connectivity index (χ2v) is 5.73. The molecule has 1 atom stereocenters. The Hall–Kier alpha value is -2.76. The molecule has 0 saturated carbocycles. The molecule has 0 saturated heterocycles. The van der Waals surface area contributed by atoms with Crippen LogP contribution in [0.15, 0.2) is 60.7 Å². The summed E-state index contributed by atoms with van der Waals surface area (Å²) in [6.45, 7) is 1.21. The lowest BCUT2D eigenvalue weighted by atomic mass is 9.78. The van der Waals surface area contributed by atoms with Crippen LogP contribution in [0.2, 0.25) is 0 Å². The van der Waals surface area contributed by atoms with Gasteiger partial charge in [-0.05, 0) is 12.0 Å². The molecule has 0 aromatic heterocycles. The van der Waals surface area contributed by atoms with E-state index in [0.717, 1.165) is 12.1 Å². The lowest BCUT2D eigenvalue weighted by molar-refractivity contribution is -0.149. The topological polar surface area (TPSA) is 66.4 Å². The van der Waals surface area contributed by atoms with E-state index in [0.29, 0.717) is 5.56 Å². The molecule has 4 nitrogen and oxygen atoms in total. The molecule has 0 aliphatic carbocycles. The highest BCUT2D eigenvalue weighted by Gasteiger charge is 2.44. The molecule has 0 radical (unpaired) electrons. The van der Waals surface area contributed by atoms with Crippen LogP contribution in [-0.4, -0.2) is 23.5 Å². The fraction of sp³-hybridized carbons (Fsp3) is 0.263. The Labute approximate surface area is 144 Å². The minimum atomic E-state index is -3.74. The molecule has 0 bridgehead atoms. The second-order valence-electron chi connectivity index (χ2n) is 5.73. The van der Waals surface area contributed by atoms with Gasteiger partial charge in [-0.25, -0.2) is 0 Å². The molecule has 0 fully saturated rings. The van der Waals surface area contributed by atoms with Crippen LogP contribution in [0.5, 0.6) is 0 Å². The minimum Gasteiger partial charge on any atom is -0.481 e. The lowest BCUT2D eigenvalue weighted by Gasteiger charge is -2.29. The van der Waals surface area contributed by atoms with Crippen molar-refractivity contribution in [2.24, 2.45) is 0 Å². The second kappa shape index (κ2) is 7.42. The molecule has 0 spiro atoms. The highest BCUT2D eigenvalue weighted by molar-refractivity contribution is 5.87. The number of hydrogen-bond acceptors (Lipinski definition) is 2. The van der Waals surface area contributed by atoms with Gasteiger partial charge in [-0.15, -0.1) is 0 Å². The number of carbonyl (C=O) groups excluding carboxylic acids is 1. The maximum absolute atomic E-state index is 14.3. The molecule has 2 rings (SSSR count). The summed E-state index contributed by atoms with van der Waals surface area (Å²) < 4.78 is 28.5. The number of alkyl halides is 2. The predicted octanol–water partition coefficient (Wildman–Crippen LogP) is 3.33. The quantitative estimate of drug-likeness (QED) is 0.807. The molecule has 2 N–H and O–H groups in total. The standard InChI is InChI=1S/C19H19F2NO3/c1-2-18(17(24)25,14-9-5-3-6-10-14)13-22-16(23)19(20,21)15-11-7-4-8-12-15/h3-12H,2,13H2,1H3,(H,22,23)(H,24,25). The molecule has 132 valence electrons. The third-order valence-corrected chi connectivity index (χ3v) is 4.31. The first-order chi connectivity index (χ1) is 11.8. The molecule has 2 aromatic carbocycles. The minimum absolute atomic E-state index is 0.142. The Morgan fingerprint density at radius 2 is 1.44 bits per heavy atom. The van der Waals surface area contributed by atoms with Gasteiger partial charge in [0.2, 0.25) is 0 Å². The zero-order chi connectivity index (χ0) is 18.5. The van der Waals surface area contributed by atoms with Gasteiger partial charge in [-0.3, -0.25) is 9.59 Å². The number of halogens is 2. The van der Waals surface area contributed by atoms with E-state index in [4.69, 9.17) is 0 Å². The lowest BCUT2D eigenvalue weighted by Crippen LogP contribution is -2.49. The van der Waals surface area contributed by atoms with Crippen molar-refractivity contribution in [3.8, 4) is 0 Å². The summed E-state index contributed by atoms with van der Waals surface area (Å²) in [5.74, 6) is -6.44. The van der Waals surface area contributed by atoms with Gasteiger partial charge < -0.3 is 10.4 Å². The summed E-state index contributed by atoms with van der Waals surface area (Å²) in [4.78, 5) is 23.9. The van der Waals surface area contributed by atoms with Crippen LogP contribution >= 0.6 is 0 Å². The van der Waals surface area contributed by atoms with Crippen LogP contribution in [0, 0.1) is 0 Å². The summed E-state index contributed by atoms with van der Waals surface area (Å²) in [6.07, 6.45) is 0.142. The Kier molecular flexibility index (Phi) is 5.51. The van der Waals surface area contributed by atoms with E-state index in [-0.39, 0.29) is 6.42 Å². The van der Waals surface area contributed by atoms with Gasteiger partial charge in [0.1, 0.15) is 5.41 Å². The molecule has 25 heavy (non-hydrogen) atoms. The molecule has 0 aliphatic rings. The number of carboxylic acid groups (broad SMARTS) is 1. The van der Waals surface area contributed by atoms with Gasteiger partial charge in [-0.2, -0.15) is 8.78 Å². The fourth-order valence-electron chi connectivity index (χ4n) is 2.66. The monoisotopic (exact) mass is 347 g/mol. The van der Waals surface area contributed by atoms with Crippen molar-refractivity contribution in [1.82, 2.24) is 5.32 Å². The largest absolute Gasteiger partial charge is 0.481 e. The number of rotatable bonds is 7. The predicted molar refractivity (Wildman–Crippen MR) is 89.4 cm³/mol. The van der Waals surface area contributed by atoms with Gasteiger partial charge in [0.25, 0.3) is 5.91 Å². The first-order valence-corrected chi connectivity index (χ1v) is 7.85. The number of amides is 1. The van der Waals surface area contributed by atoms with Crippen molar-refractivity contribution in [3.63, 3.8) is 0 Å². The Morgan fingerprint density at radius 3 is 1.88 bits per heavy atom. The van der Waals surface area contributed by atoms with Gasteiger partial charge in [0.05, 0.1) is 0 Å². The Morgan fingerprint density at radius 1 is 0.960 bits per heavy atom. The van der Waals surface area contributed by atoms with E-state index in [1.807, 2.05) is 0 Å². The Balaban J connectivity index is 2.24. The van der Waals surface area contributed by atoms with E-state index < -0.39 is 35.3 Å². The van der Waals surface area contributed by atoms with Crippen molar-refractivity contribution >= 4 is 11.9 Å². The molecular weight excluding hydrogens is 328 g/mol. The first kappa shape index (κ1) is 18.6. The van der Waals surface area contributed by atoms with E-state index in [2.05, 4.69) is 5.32 Å². The maximum atomic E-state index is 14.3. The number of carboxylic acids is 1.